The molecule has 5 heteroatoms. The molecule has 0 radical (unpaired) electrons. The van der Waals surface area contributed by atoms with Gasteiger partial charge in [-0.3, -0.25) is 4.79 Å². The number of nitrogens with zero attached hydrogens (tertiary/aromatic N) is 1. The molecule has 1 aromatic heterocycles. The topological polar surface area (TPSA) is 29.5 Å². The molecule has 0 aliphatic carbocycles. The first-order valence-corrected chi connectivity index (χ1v) is 8.63. The fourth-order valence-electron chi connectivity index (χ4n) is 2.46. The van der Waals surface area contributed by atoms with Crippen LogP contribution in [0.15, 0.2) is 36.4 Å². The van der Waals surface area contributed by atoms with E-state index in [1.807, 2.05) is 43.3 Å². The zero-order valence-corrected chi connectivity index (χ0v) is 14.7. The van der Waals surface area contributed by atoms with Crippen LogP contribution in [0, 0.1) is 0 Å². The summed E-state index contributed by atoms with van der Waals surface area (Å²) in [6, 6.07) is 12.1. The van der Waals surface area contributed by atoms with Crippen molar-refractivity contribution in [2.45, 2.75) is 6.42 Å². The Morgan fingerprint density at radius 3 is 2.74 bits per heavy atom. The van der Waals surface area contributed by atoms with E-state index >= 15 is 0 Å². The molecule has 1 heterocycles. The molecule has 0 saturated carbocycles. The molecule has 3 nitrogen and oxygen atoms in total. The maximum absolute atomic E-state index is 11.9. The molecule has 3 rings (SSSR count). The minimum atomic E-state index is -0.185. The molecule has 0 saturated heterocycles. The van der Waals surface area contributed by atoms with E-state index in [-0.39, 0.29) is 5.97 Å². The summed E-state index contributed by atoms with van der Waals surface area (Å²) >= 11 is 7.80. The van der Waals surface area contributed by atoms with Crippen LogP contribution >= 0.6 is 22.9 Å². The van der Waals surface area contributed by atoms with E-state index in [1.54, 1.807) is 11.3 Å². The maximum atomic E-state index is 11.9. The molecule has 0 atom stereocenters. The molecule has 0 spiro atoms. The molecular formula is C18H18ClNO2S. The number of ether oxygens (including phenoxy) is 1. The number of hydrogen-bond donors (Lipinski definition) is 0. The molecule has 120 valence electrons. The van der Waals surface area contributed by atoms with Gasteiger partial charge in [-0.05, 0) is 43.9 Å². The molecule has 0 amide bonds. The van der Waals surface area contributed by atoms with Crippen LogP contribution in [0.2, 0.25) is 5.02 Å². The van der Waals surface area contributed by atoms with Crippen molar-refractivity contribution in [3.05, 3.63) is 47.0 Å². The normalized spacial score (nSPS) is 11.5. The molecule has 0 aliphatic heterocycles. The van der Waals surface area contributed by atoms with Gasteiger partial charge in [0.2, 0.25) is 0 Å². The fourth-order valence-corrected chi connectivity index (χ4v) is 3.79. The van der Waals surface area contributed by atoms with Gasteiger partial charge in [-0.25, -0.2) is 0 Å². The zero-order chi connectivity index (χ0) is 16.4. The van der Waals surface area contributed by atoms with Crippen molar-refractivity contribution in [3.63, 3.8) is 0 Å². The van der Waals surface area contributed by atoms with Crippen LogP contribution < -0.4 is 0 Å². The van der Waals surface area contributed by atoms with Gasteiger partial charge >= 0.3 is 5.97 Å². The van der Waals surface area contributed by atoms with Gasteiger partial charge in [0.1, 0.15) is 6.61 Å². The Balaban J connectivity index is 1.78. The summed E-state index contributed by atoms with van der Waals surface area (Å²) in [7, 11) is 3.91. The lowest BCUT2D eigenvalue weighted by atomic mass is 10.1. The molecule has 23 heavy (non-hydrogen) atoms. The van der Waals surface area contributed by atoms with E-state index in [1.165, 1.54) is 14.8 Å². The van der Waals surface area contributed by atoms with Crippen molar-refractivity contribution < 1.29 is 9.53 Å². The number of esters is 1. The largest absolute Gasteiger partial charge is 0.464 e. The van der Waals surface area contributed by atoms with Crippen molar-refractivity contribution in [2.24, 2.45) is 0 Å². The highest BCUT2D eigenvalue weighted by molar-refractivity contribution is 7.25. The predicted molar refractivity (Wildman–Crippen MR) is 97.6 cm³/mol. The van der Waals surface area contributed by atoms with E-state index in [2.05, 4.69) is 12.1 Å². The summed E-state index contributed by atoms with van der Waals surface area (Å²) in [6.45, 7) is 1.16. The average Bonchev–Trinajstić information content (AvgIpc) is 2.83. The van der Waals surface area contributed by atoms with Gasteiger partial charge in [-0.2, -0.15) is 0 Å². The molecule has 0 N–H and O–H groups in total. The Kier molecular flexibility index (Phi) is 4.85. The first-order valence-electron chi connectivity index (χ1n) is 7.44. The highest BCUT2D eigenvalue weighted by Crippen LogP contribution is 2.35. The first kappa shape index (κ1) is 16.2. The Morgan fingerprint density at radius 2 is 1.96 bits per heavy atom. The fraction of sp³-hybridized carbons (Fsp3) is 0.278. The number of carbonyl (C=O) groups excluding carboxylic acids is 1. The lowest BCUT2D eigenvalue weighted by Gasteiger charge is -2.09. The zero-order valence-electron chi connectivity index (χ0n) is 13.1. The number of thiophene rings is 1. The molecule has 2 aromatic carbocycles. The van der Waals surface area contributed by atoms with Crippen molar-refractivity contribution in [3.8, 4) is 0 Å². The van der Waals surface area contributed by atoms with Crippen molar-refractivity contribution >= 4 is 49.1 Å². The van der Waals surface area contributed by atoms with Crippen molar-refractivity contribution in [1.82, 2.24) is 4.90 Å². The lowest BCUT2D eigenvalue weighted by molar-refractivity contribution is -0.143. The molecule has 0 aliphatic rings. The van der Waals surface area contributed by atoms with Crippen LogP contribution in [0.4, 0.5) is 0 Å². The predicted octanol–water partition coefficient (Wildman–Crippen LogP) is 4.36. The van der Waals surface area contributed by atoms with Crippen LogP contribution in [0.1, 0.15) is 5.56 Å². The van der Waals surface area contributed by atoms with Crippen LogP contribution in [0.25, 0.3) is 20.2 Å². The number of halogens is 1. The maximum Gasteiger partial charge on any atom is 0.310 e. The summed E-state index contributed by atoms with van der Waals surface area (Å²) in [5.74, 6) is -0.185. The van der Waals surface area contributed by atoms with E-state index in [0.717, 1.165) is 22.5 Å². The monoisotopic (exact) mass is 347 g/mol. The van der Waals surface area contributed by atoms with Gasteiger partial charge in [0.25, 0.3) is 0 Å². The third-order valence-electron chi connectivity index (χ3n) is 3.65. The van der Waals surface area contributed by atoms with E-state index in [0.29, 0.717) is 13.0 Å². The smallest absolute Gasteiger partial charge is 0.310 e. The Morgan fingerprint density at radius 1 is 1.13 bits per heavy atom. The summed E-state index contributed by atoms with van der Waals surface area (Å²) in [4.78, 5) is 13.9. The second-order valence-corrected chi connectivity index (χ2v) is 7.29. The number of fused-ring (bicyclic) bond motifs is 3. The minimum absolute atomic E-state index is 0.185. The highest BCUT2D eigenvalue weighted by atomic mass is 35.5. The Labute approximate surface area is 144 Å². The van der Waals surface area contributed by atoms with Gasteiger partial charge in [0, 0.05) is 31.7 Å². The molecule has 0 fully saturated rings. The summed E-state index contributed by atoms with van der Waals surface area (Å²) in [6.07, 6.45) is 0.304. The van der Waals surface area contributed by atoms with Crippen LogP contribution in [-0.4, -0.2) is 38.1 Å². The van der Waals surface area contributed by atoms with E-state index in [4.69, 9.17) is 16.3 Å². The minimum Gasteiger partial charge on any atom is -0.464 e. The number of likely N-dealkylation sites (N-methyl/N-ethyl adjacent to an activating group) is 1. The second kappa shape index (κ2) is 6.87. The van der Waals surface area contributed by atoms with Gasteiger partial charge in [-0.15, -0.1) is 11.3 Å². The van der Waals surface area contributed by atoms with Gasteiger partial charge < -0.3 is 9.64 Å². The van der Waals surface area contributed by atoms with E-state index < -0.39 is 0 Å². The van der Waals surface area contributed by atoms with Crippen molar-refractivity contribution in [1.29, 1.82) is 0 Å². The quantitative estimate of drug-likeness (QED) is 0.642. The molecule has 3 aromatic rings. The summed E-state index contributed by atoms with van der Waals surface area (Å²) < 4.78 is 7.62. The van der Waals surface area contributed by atoms with E-state index in [9.17, 15) is 4.79 Å². The molecule has 0 unspecified atom stereocenters. The third-order valence-corrected chi connectivity index (χ3v) is 5.02. The Hall–Kier alpha value is -1.62. The number of carbonyl (C=O) groups is 1. The second-order valence-electron chi connectivity index (χ2n) is 5.77. The number of rotatable bonds is 5. The van der Waals surface area contributed by atoms with Crippen LogP contribution in [0.5, 0.6) is 0 Å². The van der Waals surface area contributed by atoms with Crippen LogP contribution in [0.3, 0.4) is 0 Å². The number of hydrogen-bond acceptors (Lipinski definition) is 4. The third kappa shape index (κ3) is 3.83. The van der Waals surface area contributed by atoms with Crippen LogP contribution in [-0.2, 0) is 16.0 Å². The Bertz CT molecular complexity index is 857. The molecule has 0 bridgehead atoms. The highest BCUT2D eigenvalue weighted by Gasteiger charge is 2.09. The average molecular weight is 348 g/mol. The lowest BCUT2D eigenvalue weighted by Crippen LogP contribution is -2.20. The van der Waals surface area contributed by atoms with Gasteiger partial charge in [-0.1, -0.05) is 23.7 Å². The summed E-state index contributed by atoms with van der Waals surface area (Å²) in [5.41, 5.74) is 0.977. The first-order chi connectivity index (χ1) is 11.0. The van der Waals surface area contributed by atoms with Gasteiger partial charge in [0.15, 0.2) is 0 Å². The SMILES string of the molecule is CN(C)CCOC(=O)Cc1ccc2c(c1)sc1ccc(Cl)cc12. The standard InChI is InChI=1S/C18H18ClNO2S/c1-20(2)7-8-22-18(21)10-12-3-5-14-15-11-13(19)4-6-16(15)23-17(14)9-12/h3-6,9,11H,7-8,10H2,1-2H3. The number of benzene rings is 2. The van der Waals surface area contributed by atoms with Gasteiger partial charge in [0.05, 0.1) is 6.42 Å². The molecular weight excluding hydrogens is 330 g/mol. The summed E-state index contributed by atoms with van der Waals surface area (Å²) in [5, 5.41) is 3.08. The van der Waals surface area contributed by atoms with Crippen molar-refractivity contribution in [2.75, 3.05) is 27.2 Å².